The maximum Gasteiger partial charge on any atom is 0.255 e. The average molecular weight is 256 g/mol. The third-order valence-corrected chi connectivity index (χ3v) is 3.49. The van der Waals surface area contributed by atoms with Crippen LogP contribution in [-0.4, -0.2) is 22.9 Å². The summed E-state index contributed by atoms with van der Waals surface area (Å²) in [5.41, 5.74) is 0.258. The van der Waals surface area contributed by atoms with E-state index in [1.165, 1.54) is 24.3 Å². The van der Waals surface area contributed by atoms with Gasteiger partial charge < -0.3 is 4.90 Å². The number of hydrogen-bond acceptors (Lipinski definition) is 1. The Morgan fingerprint density at radius 2 is 1.94 bits per heavy atom. The number of carbonyl (C=O) groups is 1. The minimum Gasteiger partial charge on any atom is -0.322 e. The Morgan fingerprint density at radius 3 is 2.65 bits per heavy atom. The molecule has 1 fully saturated rings. The minimum atomic E-state index is -0.333. The van der Waals surface area contributed by atoms with Crippen LogP contribution in [0.1, 0.15) is 36.0 Å². The smallest absolute Gasteiger partial charge is 0.255 e. The highest BCUT2D eigenvalue weighted by atomic mass is 35.5. The summed E-state index contributed by atoms with van der Waals surface area (Å²) >= 11 is 6.19. The van der Waals surface area contributed by atoms with Gasteiger partial charge in [-0.1, -0.05) is 24.4 Å². The van der Waals surface area contributed by atoms with Crippen molar-refractivity contribution >= 4 is 17.5 Å². The number of rotatable bonds is 1. The van der Waals surface area contributed by atoms with Crippen LogP contribution in [-0.2, 0) is 0 Å². The van der Waals surface area contributed by atoms with Gasteiger partial charge in [-0.2, -0.15) is 0 Å². The molecule has 1 amide bonds. The summed E-state index contributed by atoms with van der Waals surface area (Å²) in [5, 5.41) is 0. The molecule has 0 radical (unpaired) electrons. The second-order valence-electron chi connectivity index (χ2n) is 4.29. The van der Waals surface area contributed by atoms with Crippen LogP contribution < -0.4 is 0 Å². The van der Waals surface area contributed by atoms with Gasteiger partial charge in [-0.25, -0.2) is 4.39 Å². The standard InChI is InChI=1S/C13H15ClFNO/c14-12-4-2-1-3-9-16(12)13(17)10-5-7-11(15)8-6-10/h5-8,12H,1-4,9H2. The van der Waals surface area contributed by atoms with E-state index in [1.807, 2.05) is 0 Å². The number of likely N-dealkylation sites (tertiary alicyclic amines) is 1. The fourth-order valence-electron chi connectivity index (χ4n) is 2.05. The van der Waals surface area contributed by atoms with E-state index in [2.05, 4.69) is 0 Å². The van der Waals surface area contributed by atoms with E-state index in [4.69, 9.17) is 11.6 Å². The van der Waals surface area contributed by atoms with Crippen molar-refractivity contribution in [2.24, 2.45) is 0 Å². The summed E-state index contributed by atoms with van der Waals surface area (Å²) in [6.07, 6.45) is 3.97. The van der Waals surface area contributed by atoms with E-state index in [0.717, 1.165) is 25.7 Å². The summed E-state index contributed by atoms with van der Waals surface area (Å²) in [5.74, 6) is -0.438. The van der Waals surface area contributed by atoms with Crippen molar-refractivity contribution in [2.45, 2.75) is 31.2 Å². The molecule has 0 saturated carbocycles. The molecule has 1 aliphatic heterocycles. The number of amides is 1. The van der Waals surface area contributed by atoms with Gasteiger partial charge in [0.25, 0.3) is 5.91 Å². The summed E-state index contributed by atoms with van der Waals surface area (Å²) in [4.78, 5) is 13.9. The van der Waals surface area contributed by atoms with Crippen molar-refractivity contribution < 1.29 is 9.18 Å². The second kappa shape index (κ2) is 5.50. The van der Waals surface area contributed by atoms with E-state index in [-0.39, 0.29) is 17.2 Å². The first-order valence-corrected chi connectivity index (χ1v) is 6.33. The summed E-state index contributed by atoms with van der Waals surface area (Å²) in [6.45, 7) is 0.685. The fraction of sp³-hybridized carbons (Fsp3) is 0.462. The van der Waals surface area contributed by atoms with Crippen LogP contribution in [0.5, 0.6) is 0 Å². The predicted molar refractivity (Wildman–Crippen MR) is 65.5 cm³/mol. The first-order chi connectivity index (χ1) is 8.18. The van der Waals surface area contributed by atoms with Crippen LogP contribution in [0.15, 0.2) is 24.3 Å². The third-order valence-electron chi connectivity index (χ3n) is 3.03. The van der Waals surface area contributed by atoms with Crippen molar-refractivity contribution in [3.05, 3.63) is 35.6 Å². The first-order valence-electron chi connectivity index (χ1n) is 5.89. The Labute approximate surface area is 105 Å². The fourth-order valence-corrected chi connectivity index (χ4v) is 2.40. The highest BCUT2D eigenvalue weighted by Crippen LogP contribution is 2.21. The number of benzene rings is 1. The molecule has 4 heteroatoms. The molecule has 0 N–H and O–H groups in total. The number of halogens is 2. The Balaban J connectivity index is 2.15. The Hall–Kier alpha value is -1.09. The molecule has 2 rings (SSSR count). The van der Waals surface area contributed by atoms with Gasteiger partial charge in [0.2, 0.25) is 0 Å². The molecule has 2 nitrogen and oxygen atoms in total. The van der Waals surface area contributed by atoms with Crippen LogP contribution in [0.4, 0.5) is 4.39 Å². The summed E-state index contributed by atoms with van der Waals surface area (Å²) in [7, 11) is 0. The lowest BCUT2D eigenvalue weighted by Crippen LogP contribution is -2.36. The highest BCUT2D eigenvalue weighted by molar-refractivity contribution is 6.21. The molecule has 92 valence electrons. The molecule has 1 aromatic carbocycles. The Kier molecular flexibility index (Phi) is 4.00. The van der Waals surface area contributed by atoms with E-state index in [9.17, 15) is 9.18 Å². The van der Waals surface area contributed by atoms with E-state index < -0.39 is 0 Å². The van der Waals surface area contributed by atoms with E-state index >= 15 is 0 Å². The molecule has 17 heavy (non-hydrogen) atoms. The monoisotopic (exact) mass is 255 g/mol. The van der Waals surface area contributed by atoms with Crippen LogP contribution >= 0.6 is 11.6 Å². The Bertz CT molecular complexity index is 393. The minimum absolute atomic E-state index is 0.105. The van der Waals surface area contributed by atoms with Crippen molar-refractivity contribution in [1.82, 2.24) is 4.90 Å². The predicted octanol–water partition coefficient (Wildman–Crippen LogP) is 3.41. The molecule has 1 unspecified atom stereocenters. The lowest BCUT2D eigenvalue weighted by atomic mass is 10.2. The maximum absolute atomic E-state index is 12.8. The zero-order valence-corrected chi connectivity index (χ0v) is 10.3. The molecule has 1 aromatic rings. The normalized spacial score (nSPS) is 21.1. The van der Waals surface area contributed by atoms with Crippen LogP contribution in [0.2, 0.25) is 0 Å². The van der Waals surface area contributed by atoms with E-state index in [0.29, 0.717) is 12.1 Å². The van der Waals surface area contributed by atoms with Gasteiger partial charge >= 0.3 is 0 Å². The number of carbonyl (C=O) groups excluding carboxylic acids is 1. The molecule has 0 aliphatic carbocycles. The van der Waals surface area contributed by atoms with Crippen molar-refractivity contribution in [1.29, 1.82) is 0 Å². The molecular weight excluding hydrogens is 241 g/mol. The number of nitrogens with zero attached hydrogens (tertiary/aromatic N) is 1. The van der Waals surface area contributed by atoms with Gasteiger partial charge in [0.1, 0.15) is 11.3 Å². The van der Waals surface area contributed by atoms with Gasteiger partial charge in [0, 0.05) is 12.1 Å². The molecular formula is C13H15ClFNO. The van der Waals surface area contributed by atoms with Gasteiger partial charge in [0.15, 0.2) is 0 Å². The zero-order chi connectivity index (χ0) is 12.3. The van der Waals surface area contributed by atoms with Gasteiger partial charge in [-0.15, -0.1) is 0 Å². The Morgan fingerprint density at radius 1 is 1.24 bits per heavy atom. The molecule has 1 atom stereocenters. The summed E-state index contributed by atoms with van der Waals surface area (Å²) in [6, 6.07) is 5.61. The van der Waals surface area contributed by atoms with Crippen molar-refractivity contribution in [2.75, 3.05) is 6.54 Å². The van der Waals surface area contributed by atoms with Crippen molar-refractivity contribution in [3.8, 4) is 0 Å². The van der Waals surface area contributed by atoms with Gasteiger partial charge in [-0.05, 0) is 37.1 Å². The highest BCUT2D eigenvalue weighted by Gasteiger charge is 2.24. The number of alkyl halides is 1. The van der Waals surface area contributed by atoms with Crippen LogP contribution in [0.25, 0.3) is 0 Å². The molecule has 0 spiro atoms. The first kappa shape index (κ1) is 12.4. The van der Waals surface area contributed by atoms with Gasteiger partial charge in [-0.3, -0.25) is 4.79 Å². The zero-order valence-electron chi connectivity index (χ0n) is 9.53. The van der Waals surface area contributed by atoms with Crippen molar-refractivity contribution in [3.63, 3.8) is 0 Å². The molecule has 1 saturated heterocycles. The quantitative estimate of drug-likeness (QED) is 0.556. The van der Waals surface area contributed by atoms with Gasteiger partial charge in [0.05, 0.1) is 0 Å². The second-order valence-corrected chi connectivity index (χ2v) is 4.79. The maximum atomic E-state index is 12.8. The molecule has 1 heterocycles. The largest absolute Gasteiger partial charge is 0.322 e. The van der Waals surface area contributed by atoms with E-state index in [1.54, 1.807) is 4.90 Å². The van der Waals surface area contributed by atoms with Crippen LogP contribution in [0.3, 0.4) is 0 Å². The SMILES string of the molecule is O=C(c1ccc(F)cc1)N1CCCCCC1Cl. The molecule has 0 aromatic heterocycles. The topological polar surface area (TPSA) is 20.3 Å². The lowest BCUT2D eigenvalue weighted by molar-refractivity contribution is 0.0738. The summed E-state index contributed by atoms with van der Waals surface area (Å²) < 4.78 is 12.8. The van der Waals surface area contributed by atoms with Crippen LogP contribution in [0, 0.1) is 5.82 Å². The third kappa shape index (κ3) is 2.97. The molecule has 1 aliphatic rings. The molecule has 0 bridgehead atoms. The number of hydrogen-bond donors (Lipinski definition) is 0. The average Bonchev–Trinajstić information content (AvgIpc) is 2.54. The lowest BCUT2D eigenvalue weighted by Gasteiger charge is -2.25.